The van der Waals surface area contributed by atoms with Gasteiger partial charge in [0.1, 0.15) is 0 Å². The first-order valence-electron chi connectivity index (χ1n) is 10.7. The summed E-state index contributed by atoms with van der Waals surface area (Å²) in [7, 11) is 0. The van der Waals surface area contributed by atoms with Crippen LogP contribution in [-0.4, -0.2) is 41.2 Å². The van der Waals surface area contributed by atoms with Gasteiger partial charge in [-0.3, -0.25) is 9.59 Å². The molecule has 0 saturated carbocycles. The molecule has 2 fully saturated rings. The van der Waals surface area contributed by atoms with Gasteiger partial charge in [-0.15, -0.1) is 0 Å². The quantitative estimate of drug-likeness (QED) is 0.778. The lowest BCUT2D eigenvalue weighted by Gasteiger charge is -2.41. The predicted octanol–water partition coefficient (Wildman–Crippen LogP) is 4.43. The van der Waals surface area contributed by atoms with Gasteiger partial charge in [0, 0.05) is 38.2 Å². The Morgan fingerprint density at radius 1 is 0.897 bits per heavy atom. The molecule has 4 nitrogen and oxygen atoms in total. The van der Waals surface area contributed by atoms with Crippen LogP contribution in [0.15, 0.2) is 54.6 Å². The van der Waals surface area contributed by atoms with Crippen LogP contribution in [0, 0.1) is 12.3 Å². The highest BCUT2D eigenvalue weighted by molar-refractivity contribution is 5.94. The number of carbonyl (C=O) groups excluding carboxylic acids is 2. The number of amides is 2. The van der Waals surface area contributed by atoms with E-state index < -0.39 is 0 Å². The highest BCUT2D eigenvalue weighted by atomic mass is 16.2. The van der Waals surface area contributed by atoms with Gasteiger partial charge in [0.25, 0.3) is 5.91 Å². The normalized spacial score (nSPS) is 19.3. The van der Waals surface area contributed by atoms with E-state index in [4.69, 9.17) is 0 Å². The maximum absolute atomic E-state index is 12.8. The first-order chi connectivity index (χ1) is 14.0. The maximum atomic E-state index is 12.8. The molecular formula is C25H30N2O2. The van der Waals surface area contributed by atoms with Crippen LogP contribution in [0.25, 0.3) is 0 Å². The van der Waals surface area contributed by atoms with Gasteiger partial charge in [0.05, 0.1) is 0 Å². The smallest absolute Gasteiger partial charge is 0.253 e. The molecule has 0 bridgehead atoms. The van der Waals surface area contributed by atoms with Gasteiger partial charge in [-0.1, -0.05) is 48.0 Å². The Hall–Kier alpha value is -2.62. The van der Waals surface area contributed by atoms with Crippen molar-refractivity contribution < 1.29 is 9.59 Å². The van der Waals surface area contributed by atoms with Crippen LogP contribution in [0.4, 0.5) is 0 Å². The van der Waals surface area contributed by atoms with Crippen molar-refractivity contribution in [3.63, 3.8) is 0 Å². The molecule has 0 atom stereocenters. The average molecular weight is 391 g/mol. The number of likely N-dealkylation sites (tertiary alicyclic amines) is 2. The summed E-state index contributed by atoms with van der Waals surface area (Å²) in [6.07, 6.45) is 4.61. The van der Waals surface area contributed by atoms with E-state index in [9.17, 15) is 9.59 Å². The highest BCUT2D eigenvalue weighted by Gasteiger charge is 2.38. The Balaban J connectivity index is 1.36. The monoisotopic (exact) mass is 390 g/mol. The molecule has 0 N–H and O–H groups in total. The summed E-state index contributed by atoms with van der Waals surface area (Å²) in [6, 6.07) is 18.1. The molecule has 0 unspecified atom stereocenters. The van der Waals surface area contributed by atoms with E-state index in [-0.39, 0.29) is 17.2 Å². The number of rotatable bonds is 3. The summed E-state index contributed by atoms with van der Waals surface area (Å²) >= 11 is 0. The van der Waals surface area contributed by atoms with Crippen LogP contribution in [-0.2, 0) is 11.3 Å². The van der Waals surface area contributed by atoms with Crippen molar-refractivity contribution in [3.8, 4) is 0 Å². The maximum Gasteiger partial charge on any atom is 0.253 e. The summed E-state index contributed by atoms with van der Waals surface area (Å²) in [5.74, 6) is 0.402. The van der Waals surface area contributed by atoms with Gasteiger partial charge in [0.2, 0.25) is 5.91 Å². The summed E-state index contributed by atoms with van der Waals surface area (Å²) in [5.41, 5.74) is 3.33. The second-order valence-electron chi connectivity index (χ2n) is 8.71. The Morgan fingerprint density at radius 3 is 2.24 bits per heavy atom. The van der Waals surface area contributed by atoms with Crippen molar-refractivity contribution in [1.82, 2.24) is 9.80 Å². The minimum Gasteiger partial charge on any atom is -0.339 e. The summed E-state index contributed by atoms with van der Waals surface area (Å²) in [4.78, 5) is 29.5. The zero-order valence-electron chi connectivity index (χ0n) is 17.3. The van der Waals surface area contributed by atoms with Gasteiger partial charge < -0.3 is 9.80 Å². The minimum atomic E-state index is 0.134. The fourth-order valence-electron chi connectivity index (χ4n) is 4.69. The molecule has 4 heteroatoms. The van der Waals surface area contributed by atoms with E-state index in [1.165, 1.54) is 11.1 Å². The van der Waals surface area contributed by atoms with Gasteiger partial charge in [-0.2, -0.15) is 0 Å². The summed E-state index contributed by atoms with van der Waals surface area (Å²) < 4.78 is 0. The number of benzene rings is 2. The Bertz CT molecular complexity index is 852. The predicted molar refractivity (Wildman–Crippen MR) is 114 cm³/mol. The first kappa shape index (κ1) is 19.7. The van der Waals surface area contributed by atoms with Crippen LogP contribution in [0.2, 0.25) is 0 Å². The lowest BCUT2D eigenvalue weighted by molar-refractivity contribution is -0.131. The number of aryl methyl sites for hydroxylation is 1. The Morgan fingerprint density at radius 2 is 1.55 bits per heavy atom. The number of piperidine rings is 1. The molecule has 0 aliphatic carbocycles. The van der Waals surface area contributed by atoms with Gasteiger partial charge in [-0.05, 0) is 55.7 Å². The fourth-order valence-corrected chi connectivity index (χ4v) is 4.69. The van der Waals surface area contributed by atoms with Crippen molar-refractivity contribution in [2.24, 2.45) is 5.41 Å². The lowest BCUT2D eigenvalue weighted by Crippen LogP contribution is -2.43. The minimum absolute atomic E-state index is 0.134. The van der Waals surface area contributed by atoms with Crippen molar-refractivity contribution in [2.75, 3.05) is 19.6 Å². The zero-order chi connectivity index (χ0) is 20.3. The van der Waals surface area contributed by atoms with E-state index >= 15 is 0 Å². The SMILES string of the molecule is Cc1ccc(C(=O)N2CCC3(CCC(=O)N(Cc4ccccc4)CC3)CC2)cc1. The van der Waals surface area contributed by atoms with Crippen molar-refractivity contribution in [2.45, 2.75) is 45.6 Å². The number of hydrogen-bond donors (Lipinski definition) is 0. The molecule has 2 amide bonds. The molecule has 2 heterocycles. The van der Waals surface area contributed by atoms with Gasteiger partial charge in [0.15, 0.2) is 0 Å². The van der Waals surface area contributed by atoms with Crippen LogP contribution in [0.3, 0.4) is 0 Å². The molecule has 0 radical (unpaired) electrons. The lowest BCUT2D eigenvalue weighted by atomic mass is 9.73. The average Bonchev–Trinajstić information content (AvgIpc) is 2.90. The van der Waals surface area contributed by atoms with Crippen LogP contribution in [0.5, 0.6) is 0 Å². The summed E-state index contributed by atoms with van der Waals surface area (Å²) in [6.45, 7) is 5.14. The van der Waals surface area contributed by atoms with E-state index in [0.29, 0.717) is 13.0 Å². The molecule has 29 heavy (non-hydrogen) atoms. The molecule has 2 aliphatic heterocycles. The molecular weight excluding hydrogens is 360 g/mol. The topological polar surface area (TPSA) is 40.6 Å². The molecule has 1 spiro atoms. The fraction of sp³-hybridized carbons (Fsp3) is 0.440. The van der Waals surface area contributed by atoms with Crippen LogP contribution < -0.4 is 0 Å². The van der Waals surface area contributed by atoms with Crippen molar-refractivity contribution >= 4 is 11.8 Å². The van der Waals surface area contributed by atoms with E-state index in [1.807, 2.05) is 59.2 Å². The third-order valence-corrected chi connectivity index (χ3v) is 6.76. The van der Waals surface area contributed by atoms with Crippen molar-refractivity contribution in [3.05, 3.63) is 71.3 Å². The molecule has 152 valence electrons. The number of hydrogen-bond acceptors (Lipinski definition) is 2. The standard InChI is InChI=1S/C25H30N2O2/c1-20-7-9-22(10-8-20)24(29)26-16-13-25(14-17-26)12-11-23(28)27(18-15-25)19-21-5-3-2-4-6-21/h2-10H,11-19H2,1H3. The summed E-state index contributed by atoms with van der Waals surface area (Å²) in [5, 5.41) is 0. The largest absolute Gasteiger partial charge is 0.339 e. The third kappa shape index (κ3) is 4.52. The second kappa shape index (κ2) is 8.40. The van der Waals surface area contributed by atoms with E-state index in [1.54, 1.807) is 0 Å². The zero-order valence-corrected chi connectivity index (χ0v) is 17.3. The molecule has 2 aliphatic rings. The Kier molecular flexibility index (Phi) is 5.70. The molecule has 2 aromatic carbocycles. The molecule has 0 aromatic heterocycles. The van der Waals surface area contributed by atoms with Crippen molar-refractivity contribution in [1.29, 1.82) is 0 Å². The van der Waals surface area contributed by atoms with Gasteiger partial charge >= 0.3 is 0 Å². The van der Waals surface area contributed by atoms with E-state index in [2.05, 4.69) is 12.1 Å². The second-order valence-corrected chi connectivity index (χ2v) is 8.71. The third-order valence-electron chi connectivity index (χ3n) is 6.76. The van der Waals surface area contributed by atoms with Gasteiger partial charge in [-0.25, -0.2) is 0 Å². The number of nitrogens with zero attached hydrogens (tertiary/aromatic N) is 2. The molecule has 4 rings (SSSR count). The van der Waals surface area contributed by atoms with E-state index in [0.717, 1.165) is 50.9 Å². The first-order valence-corrected chi connectivity index (χ1v) is 10.7. The van der Waals surface area contributed by atoms with Crippen LogP contribution >= 0.6 is 0 Å². The van der Waals surface area contributed by atoms with Crippen LogP contribution in [0.1, 0.15) is 53.6 Å². The highest BCUT2D eigenvalue weighted by Crippen LogP contribution is 2.42. The number of carbonyl (C=O) groups is 2. The Labute approximate surface area is 173 Å². The molecule has 2 aromatic rings. The molecule has 2 saturated heterocycles.